The molecule has 0 saturated heterocycles. The summed E-state index contributed by atoms with van der Waals surface area (Å²) < 4.78 is 9.50. The van der Waals surface area contributed by atoms with Crippen LogP contribution in [0.2, 0.25) is 5.02 Å². The fourth-order valence-corrected chi connectivity index (χ4v) is 1.90. The van der Waals surface area contributed by atoms with Gasteiger partial charge in [0.1, 0.15) is 5.82 Å². The lowest BCUT2D eigenvalue weighted by Gasteiger charge is -2.08. The highest BCUT2D eigenvalue weighted by atomic mass is 35.5. The minimum atomic E-state index is -0.810. The van der Waals surface area contributed by atoms with Crippen molar-refractivity contribution in [1.29, 1.82) is 0 Å². The molecule has 0 atom stereocenters. The van der Waals surface area contributed by atoms with Crippen LogP contribution in [0.1, 0.15) is 20.7 Å². The molecule has 0 fully saturated rings. The molecule has 0 radical (unpaired) electrons. The molecule has 0 aliphatic carbocycles. The van der Waals surface area contributed by atoms with E-state index in [4.69, 9.17) is 16.3 Å². The number of esters is 2. The van der Waals surface area contributed by atoms with Gasteiger partial charge in [0.05, 0.1) is 23.3 Å². The first kappa shape index (κ1) is 17.4. The van der Waals surface area contributed by atoms with E-state index in [2.05, 4.69) is 15.0 Å². The van der Waals surface area contributed by atoms with E-state index in [1.165, 1.54) is 31.5 Å². The molecule has 0 bridgehead atoms. The van der Waals surface area contributed by atoms with E-state index in [0.717, 1.165) is 0 Å². The van der Waals surface area contributed by atoms with Crippen molar-refractivity contribution in [2.24, 2.45) is 0 Å². The summed E-state index contributed by atoms with van der Waals surface area (Å²) in [5.41, 5.74) is 0.0755. The summed E-state index contributed by atoms with van der Waals surface area (Å²) in [4.78, 5) is 39.3. The van der Waals surface area contributed by atoms with Crippen molar-refractivity contribution >= 4 is 35.3 Å². The Labute approximate surface area is 142 Å². The second-order valence-electron chi connectivity index (χ2n) is 4.52. The Morgan fingerprint density at radius 1 is 1.08 bits per heavy atom. The largest absolute Gasteiger partial charge is 0.465 e. The van der Waals surface area contributed by atoms with Crippen molar-refractivity contribution in [1.82, 2.24) is 4.98 Å². The summed E-state index contributed by atoms with van der Waals surface area (Å²) in [5.74, 6) is -1.78. The quantitative estimate of drug-likeness (QED) is 0.833. The number of carbonyl (C=O) groups is 3. The van der Waals surface area contributed by atoms with Crippen LogP contribution in [0.4, 0.5) is 5.82 Å². The van der Waals surface area contributed by atoms with E-state index in [0.29, 0.717) is 5.02 Å². The number of halogens is 1. The van der Waals surface area contributed by atoms with Crippen molar-refractivity contribution in [3.63, 3.8) is 0 Å². The van der Waals surface area contributed by atoms with Crippen LogP contribution in [0, 0.1) is 0 Å². The predicted molar refractivity (Wildman–Crippen MR) is 85.9 cm³/mol. The average Bonchev–Trinajstić information content (AvgIpc) is 2.61. The van der Waals surface area contributed by atoms with Crippen molar-refractivity contribution in [3.05, 3.63) is 58.7 Å². The minimum Gasteiger partial charge on any atom is -0.465 e. The highest BCUT2D eigenvalue weighted by molar-refractivity contribution is 6.30. The molecule has 0 unspecified atom stereocenters. The molecule has 0 aliphatic rings. The monoisotopic (exact) mass is 348 g/mol. The molecule has 8 heteroatoms. The number of nitrogens with zero attached hydrogens (tertiary/aromatic N) is 1. The number of hydrogen-bond donors (Lipinski definition) is 1. The Balaban J connectivity index is 1.97. The molecule has 124 valence electrons. The van der Waals surface area contributed by atoms with Crippen LogP contribution in [-0.4, -0.2) is 36.5 Å². The lowest BCUT2D eigenvalue weighted by Crippen LogP contribution is -2.22. The van der Waals surface area contributed by atoms with Crippen LogP contribution < -0.4 is 5.32 Å². The van der Waals surface area contributed by atoms with Crippen molar-refractivity contribution in [3.8, 4) is 0 Å². The van der Waals surface area contributed by atoms with Gasteiger partial charge in [-0.25, -0.2) is 14.6 Å². The van der Waals surface area contributed by atoms with Gasteiger partial charge in [0.25, 0.3) is 5.91 Å². The maximum absolute atomic E-state index is 12.0. The standard InChI is InChI=1S/C16H13ClN2O5/c1-23-15(21)11-4-2-3-5-12(11)16(22)24-9-14(20)19-13-7-6-10(17)8-18-13/h2-8H,9H2,1H3,(H,18,19,20). The first-order valence-electron chi connectivity index (χ1n) is 6.77. The van der Waals surface area contributed by atoms with Gasteiger partial charge in [0, 0.05) is 6.20 Å². The minimum absolute atomic E-state index is 0.0155. The van der Waals surface area contributed by atoms with Crippen LogP contribution in [0.25, 0.3) is 0 Å². The van der Waals surface area contributed by atoms with Crippen LogP contribution in [-0.2, 0) is 14.3 Å². The SMILES string of the molecule is COC(=O)c1ccccc1C(=O)OCC(=O)Nc1ccc(Cl)cn1. The summed E-state index contributed by atoms with van der Waals surface area (Å²) in [6, 6.07) is 9.06. The molecule has 7 nitrogen and oxygen atoms in total. The topological polar surface area (TPSA) is 94.6 Å². The number of carbonyl (C=O) groups excluding carboxylic acids is 3. The third-order valence-corrected chi connectivity index (χ3v) is 3.11. The van der Waals surface area contributed by atoms with Gasteiger partial charge in [-0.3, -0.25) is 4.79 Å². The Morgan fingerprint density at radius 2 is 1.75 bits per heavy atom. The van der Waals surface area contributed by atoms with Gasteiger partial charge >= 0.3 is 11.9 Å². The third kappa shape index (κ3) is 4.53. The second-order valence-corrected chi connectivity index (χ2v) is 4.96. The Morgan fingerprint density at radius 3 is 2.33 bits per heavy atom. The molecular formula is C16H13ClN2O5. The Hall–Kier alpha value is -2.93. The molecule has 24 heavy (non-hydrogen) atoms. The Kier molecular flexibility index (Phi) is 5.86. The highest BCUT2D eigenvalue weighted by Gasteiger charge is 2.19. The van der Waals surface area contributed by atoms with E-state index in [9.17, 15) is 14.4 Å². The van der Waals surface area contributed by atoms with Crippen LogP contribution >= 0.6 is 11.6 Å². The molecule has 1 N–H and O–H groups in total. The number of ether oxygens (including phenoxy) is 2. The summed E-state index contributed by atoms with van der Waals surface area (Å²) in [7, 11) is 1.21. The number of methoxy groups -OCH3 is 1. The first-order valence-corrected chi connectivity index (χ1v) is 7.15. The van der Waals surface area contributed by atoms with Crippen molar-refractivity contribution < 1.29 is 23.9 Å². The fourth-order valence-electron chi connectivity index (χ4n) is 1.79. The summed E-state index contributed by atoms with van der Waals surface area (Å²) >= 11 is 5.69. The zero-order valence-electron chi connectivity index (χ0n) is 12.6. The number of rotatable bonds is 5. The third-order valence-electron chi connectivity index (χ3n) is 2.88. The number of aromatic nitrogens is 1. The molecule has 2 rings (SSSR count). The number of benzene rings is 1. The highest BCUT2D eigenvalue weighted by Crippen LogP contribution is 2.12. The maximum atomic E-state index is 12.0. The Bertz CT molecular complexity index is 761. The molecule has 1 aromatic carbocycles. The van der Waals surface area contributed by atoms with E-state index < -0.39 is 24.5 Å². The number of nitrogens with one attached hydrogen (secondary N) is 1. The van der Waals surface area contributed by atoms with Crippen LogP contribution in [0.3, 0.4) is 0 Å². The van der Waals surface area contributed by atoms with Crippen molar-refractivity contribution in [2.75, 3.05) is 19.0 Å². The van der Waals surface area contributed by atoms with E-state index >= 15 is 0 Å². The van der Waals surface area contributed by atoms with Gasteiger partial charge in [0.2, 0.25) is 0 Å². The van der Waals surface area contributed by atoms with Gasteiger partial charge in [-0.05, 0) is 24.3 Å². The molecule has 1 amide bonds. The summed E-state index contributed by atoms with van der Waals surface area (Å²) in [6.45, 7) is -0.529. The fraction of sp³-hybridized carbons (Fsp3) is 0.125. The van der Waals surface area contributed by atoms with Gasteiger partial charge in [-0.1, -0.05) is 23.7 Å². The second kappa shape index (κ2) is 8.07. The molecule has 1 aromatic heterocycles. The van der Waals surface area contributed by atoms with Gasteiger partial charge in [-0.2, -0.15) is 0 Å². The zero-order valence-corrected chi connectivity index (χ0v) is 13.4. The van der Waals surface area contributed by atoms with E-state index in [1.807, 2.05) is 0 Å². The number of anilines is 1. The molecule has 0 saturated carbocycles. The number of pyridine rings is 1. The predicted octanol–water partition coefficient (Wildman–Crippen LogP) is 2.32. The van der Waals surface area contributed by atoms with E-state index in [1.54, 1.807) is 18.2 Å². The molecule has 2 aromatic rings. The van der Waals surface area contributed by atoms with Crippen LogP contribution in [0.15, 0.2) is 42.6 Å². The normalized spacial score (nSPS) is 9.92. The zero-order chi connectivity index (χ0) is 17.5. The summed E-state index contributed by atoms with van der Waals surface area (Å²) in [6.07, 6.45) is 1.37. The lowest BCUT2D eigenvalue weighted by molar-refractivity contribution is -0.119. The first-order chi connectivity index (χ1) is 11.5. The van der Waals surface area contributed by atoms with Gasteiger partial charge in [-0.15, -0.1) is 0 Å². The van der Waals surface area contributed by atoms with Gasteiger partial charge in [0.15, 0.2) is 6.61 Å². The molecule has 0 spiro atoms. The molecule has 0 aliphatic heterocycles. The maximum Gasteiger partial charge on any atom is 0.339 e. The lowest BCUT2D eigenvalue weighted by atomic mass is 10.1. The van der Waals surface area contributed by atoms with Gasteiger partial charge < -0.3 is 14.8 Å². The van der Waals surface area contributed by atoms with E-state index in [-0.39, 0.29) is 16.9 Å². The summed E-state index contributed by atoms with van der Waals surface area (Å²) in [5, 5.41) is 2.88. The molecule has 1 heterocycles. The number of amides is 1. The van der Waals surface area contributed by atoms with Crippen molar-refractivity contribution in [2.45, 2.75) is 0 Å². The number of hydrogen-bond acceptors (Lipinski definition) is 6. The smallest absolute Gasteiger partial charge is 0.339 e. The van der Waals surface area contributed by atoms with Crippen LogP contribution in [0.5, 0.6) is 0 Å². The molecular weight excluding hydrogens is 336 g/mol. The average molecular weight is 349 g/mol.